The summed E-state index contributed by atoms with van der Waals surface area (Å²) >= 11 is 0. The molecule has 0 spiro atoms. The summed E-state index contributed by atoms with van der Waals surface area (Å²) in [4.78, 5) is 21.8. The second-order valence-electron chi connectivity index (χ2n) is 4.50. The van der Waals surface area contributed by atoms with Crippen LogP contribution in [0.4, 0.5) is 0 Å². The summed E-state index contributed by atoms with van der Waals surface area (Å²) in [7, 11) is 1.38. The Balaban J connectivity index is 2.72. The van der Waals surface area contributed by atoms with Crippen molar-refractivity contribution in [3.05, 3.63) is 0 Å². The van der Waals surface area contributed by atoms with E-state index in [1.54, 1.807) is 6.92 Å². The van der Waals surface area contributed by atoms with Gasteiger partial charge in [0, 0.05) is 26.9 Å². The topological polar surface area (TPSA) is 91.3 Å². The number of ether oxygens (including phenoxy) is 4. The van der Waals surface area contributed by atoms with Gasteiger partial charge in [-0.3, -0.25) is 9.59 Å². The van der Waals surface area contributed by atoms with Crippen LogP contribution >= 0.6 is 0 Å². The molecule has 7 heteroatoms. The van der Waals surface area contributed by atoms with Crippen LogP contribution in [-0.2, 0) is 28.5 Å². The minimum Gasteiger partial charge on any atom is -0.463 e. The van der Waals surface area contributed by atoms with Gasteiger partial charge in [-0.2, -0.15) is 0 Å². The summed E-state index contributed by atoms with van der Waals surface area (Å²) in [5.41, 5.74) is 0. The Hall–Kier alpha value is -1.18. The van der Waals surface area contributed by atoms with Crippen molar-refractivity contribution in [3.8, 4) is 0 Å². The number of esters is 2. The molecule has 1 saturated heterocycles. The highest BCUT2D eigenvalue weighted by Gasteiger charge is 2.45. The Morgan fingerprint density at radius 1 is 1.26 bits per heavy atom. The second kappa shape index (κ2) is 6.83. The molecule has 1 fully saturated rings. The highest BCUT2D eigenvalue weighted by atomic mass is 16.7. The molecular formula is C12H20O7. The van der Waals surface area contributed by atoms with Crippen LogP contribution in [0.5, 0.6) is 0 Å². The van der Waals surface area contributed by atoms with Crippen molar-refractivity contribution in [2.75, 3.05) is 13.7 Å². The predicted molar refractivity (Wildman–Crippen MR) is 63.0 cm³/mol. The molecule has 0 aliphatic carbocycles. The minimum absolute atomic E-state index is 0.0141. The molecule has 110 valence electrons. The van der Waals surface area contributed by atoms with E-state index in [9.17, 15) is 14.7 Å². The molecule has 1 heterocycles. The maximum absolute atomic E-state index is 11.0. The Morgan fingerprint density at radius 2 is 1.89 bits per heavy atom. The number of rotatable bonds is 4. The average Bonchev–Trinajstić information content (AvgIpc) is 2.33. The Labute approximate surface area is 111 Å². The lowest BCUT2D eigenvalue weighted by Crippen LogP contribution is -2.56. The molecule has 5 atom stereocenters. The number of carbonyl (C=O) groups excluding carboxylic acids is 2. The van der Waals surface area contributed by atoms with Crippen LogP contribution in [-0.4, -0.2) is 55.4 Å². The Kier molecular flexibility index (Phi) is 5.71. The van der Waals surface area contributed by atoms with Gasteiger partial charge in [-0.1, -0.05) is 6.92 Å². The van der Waals surface area contributed by atoms with E-state index in [2.05, 4.69) is 0 Å². The molecular weight excluding hydrogens is 256 g/mol. The summed E-state index contributed by atoms with van der Waals surface area (Å²) in [5, 5.41) is 10.1. The lowest BCUT2D eigenvalue weighted by atomic mass is 9.91. The molecule has 19 heavy (non-hydrogen) atoms. The zero-order chi connectivity index (χ0) is 14.6. The molecule has 2 unspecified atom stereocenters. The average molecular weight is 276 g/mol. The number of carbonyl (C=O) groups is 2. The number of hydrogen-bond acceptors (Lipinski definition) is 7. The maximum atomic E-state index is 11.0. The van der Waals surface area contributed by atoms with E-state index in [4.69, 9.17) is 18.9 Å². The van der Waals surface area contributed by atoms with Gasteiger partial charge < -0.3 is 24.1 Å². The van der Waals surface area contributed by atoms with E-state index in [1.807, 2.05) is 0 Å². The van der Waals surface area contributed by atoms with E-state index in [1.165, 1.54) is 21.0 Å². The van der Waals surface area contributed by atoms with Crippen molar-refractivity contribution < 1.29 is 33.6 Å². The van der Waals surface area contributed by atoms with E-state index in [0.29, 0.717) is 0 Å². The van der Waals surface area contributed by atoms with Crippen LogP contribution in [0.15, 0.2) is 0 Å². The van der Waals surface area contributed by atoms with Crippen LogP contribution in [0.25, 0.3) is 0 Å². The van der Waals surface area contributed by atoms with Gasteiger partial charge in [0.1, 0.15) is 18.8 Å². The van der Waals surface area contributed by atoms with E-state index in [0.717, 1.165) is 0 Å². The number of aliphatic hydroxyl groups is 1. The fourth-order valence-corrected chi connectivity index (χ4v) is 1.95. The van der Waals surface area contributed by atoms with Gasteiger partial charge in [0.15, 0.2) is 12.4 Å². The summed E-state index contributed by atoms with van der Waals surface area (Å²) in [5.74, 6) is -1.32. The molecule has 7 nitrogen and oxygen atoms in total. The summed E-state index contributed by atoms with van der Waals surface area (Å²) < 4.78 is 20.5. The van der Waals surface area contributed by atoms with Crippen molar-refractivity contribution >= 4 is 11.9 Å². The van der Waals surface area contributed by atoms with Gasteiger partial charge in [0.2, 0.25) is 0 Å². The summed E-state index contributed by atoms with van der Waals surface area (Å²) in [6.07, 6.45) is -3.26. The number of hydrogen-bond donors (Lipinski definition) is 1. The van der Waals surface area contributed by atoms with Gasteiger partial charge in [-0.05, 0) is 0 Å². The van der Waals surface area contributed by atoms with Gasteiger partial charge in [-0.25, -0.2) is 0 Å². The van der Waals surface area contributed by atoms with Crippen LogP contribution in [0.1, 0.15) is 20.8 Å². The molecule has 0 aromatic rings. The quantitative estimate of drug-likeness (QED) is 0.714. The largest absolute Gasteiger partial charge is 0.463 e. The van der Waals surface area contributed by atoms with Gasteiger partial charge in [0.25, 0.3) is 0 Å². The van der Waals surface area contributed by atoms with Crippen LogP contribution < -0.4 is 0 Å². The highest BCUT2D eigenvalue weighted by molar-refractivity contribution is 5.66. The third-order valence-corrected chi connectivity index (χ3v) is 3.02. The fraction of sp³-hybridized carbons (Fsp3) is 0.833. The molecule has 0 bridgehead atoms. The third-order valence-electron chi connectivity index (χ3n) is 3.02. The minimum atomic E-state index is -0.955. The molecule has 0 radical (unpaired) electrons. The van der Waals surface area contributed by atoms with E-state index < -0.39 is 36.5 Å². The normalized spacial score (nSPS) is 34.7. The second-order valence-corrected chi connectivity index (χ2v) is 4.50. The standard InChI is InChI=1S/C12H20O7/c1-6-9(5-17-7(2)13)19-12(16-4)11(10(6)15)18-8(3)14/h6,9-12,15H,5H2,1-4H3/t6-,9?,10-,11?,12+/m0/s1. The van der Waals surface area contributed by atoms with Crippen molar-refractivity contribution in [1.82, 2.24) is 0 Å². The van der Waals surface area contributed by atoms with Gasteiger partial charge >= 0.3 is 11.9 Å². The first-order valence-corrected chi connectivity index (χ1v) is 6.03. The van der Waals surface area contributed by atoms with Crippen molar-refractivity contribution in [2.24, 2.45) is 5.92 Å². The molecule has 0 amide bonds. The molecule has 0 aromatic heterocycles. The van der Waals surface area contributed by atoms with Gasteiger partial charge in [0.05, 0.1) is 0 Å². The Bertz CT molecular complexity index is 326. The van der Waals surface area contributed by atoms with Crippen LogP contribution in [0.3, 0.4) is 0 Å². The molecule has 1 rings (SSSR count). The third kappa shape index (κ3) is 4.15. The van der Waals surface area contributed by atoms with E-state index in [-0.39, 0.29) is 12.5 Å². The number of methoxy groups -OCH3 is 1. The zero-order valence-electron chi connectivity index (χ0n) is 11.5. The molecule has 0 saturated carbocycles. The van der Waals surface area contributed by atoms with Crippen molar-refractivity contribution in [3.63, 3.8) is 0 Å². The lowest BCUT2D eigenvalue weighted by molar-refractivity contribution is -0.285. The highest BCUT2D eigenvalue weighted by Crippen LogP contribution is 2.28. The smallest absolute Gasteiger partial charge is 0.303 e. The first-order valence-electron chi connectivity index (χ1n) is 6.03. The molecule has 1 N–H and O–H groups in total. The SMILES string of the molecule is CO[C@@H]1OC(COC(C)=O)[C@H](C)[C@H](O)C1OC(C)=O. The van der Waals surface area contributed by atoms with Crippen LogP contribution in [0.2, 0.25) is 0 Å². The van der Waals surface area contributed by atoms with Gasteiger partial charge in [-0.15, -0.1) is 0 Å². The van der Waals surface area contributed by atoms with Crippen LogP contribution in [0, 0.1) is 5.92 Å². The predicted octanol–water partition coefficient (Wildman–Crippen LogP) is -0.151. The molecule has 1 aliphatic rings. The first kappa shape index (κ1) is 15.9. The van der Waals surface area contributed by atoms with Crippen molar-refractivity contribution in [2.45, 2.75) is 45.4 Å². The van der Waals surface area contributed by atoms with E-state index >= 15 is 0 Å². The fourth-order valence-electron chi connectivity index (χ4n) is 1.95. The first-order chi connectivity index (χ1) is 8.86. The Morgan fingerprint density at radius 3 is 2.37 bits per heavy atom. The summed E-state index contributed by atoms with van der Waals surface area (Å²) in [6, 6.07) is 0. The monoisotopic (exact) mass is 276 g/mol. The zero-order valence-corrected chi connectivity index (χ0v) is 11.5. The molecule has 0 aromatic carbocycles. The summed E-state index contributed by atoms with van der Waals surface area (Å²) in [6.45, 7) is 4.27. The number of aliphatic hydroxyl groups excluding tert-OH is 1. The maximum Gasteiger partial charge on any atom is 0.303 e. The lowest BCUT2D eigenvalue weighted by Gasteiger charge is -2.41. The van der Waals surface area contributed by atoms with Crippen molar-refractivity contribution in [1.29, 1.82) is 0 Å². The molecule has 1 aliphatic heterocycles.